The summed E-state index contributed by atoms with van der Waals surface area (Å²) in [6.07, 6.45) is 0. The summed E-state index contributed by atoms with van der Waals surface area (Å²) in [4.78, 5) is 23.3. The first-order valence-electron chi connectivity index (χ1n) is 7.70. The molecule has 0 saturated carbocycles. The molecule has 6 heteroatoms. The summed E-state index contributed by atoms with van der Waals surface area (Å²) in [6.45, 7) is 0. The smallest absolute Gasteiger partial charge is 0.336 e. The van der Waals surface area contributed by atoms with E-state index < -0.39 is 11.9 Å². The molecule has 0 spiro atoms. The van der Waals surface area contributed by atoms with E-state index in [4.69, 9.17) is 0 Å². The van der Waals surface area contributed by atoms with Gasteiger partial charge in [-0.25, -0.2) is 9.59 Å². The Labute approximate surface area is 146 Å². The van der Waals surface area contributed by atoms with Crippen molar-refractivity contribution in [2.75, 3.05) is 0 Å². The van der Waals surface area contributed by atoms with Crippen molar-refractivity contribution in [3.05, 3.63) is 59.7 Å². The zero-order chi connectivity index (χ0) is 18.6. The van der Waals surface area contributed by atoms with Gasteiger partial charge in [0.05, 0.1) is 11.1 Å². The first kappa shape index (κ1) is 15.7. The number of aromatic carboxylic acids is 2. The number of carboxylic acids is 2. The SMILES string of the molecule is O=C(O)c1cc2cc(C(=O)O)c3cccc(O)c3c2c2c(O)cccc12. The molecule has 0 aliphatic rings. The molecule has 0 aromatic heterocycles. The number of hydrogen-bond donors (Lipinski definition) is 4. The van der Waals surface area contributed by atoms with Crippen molar-refractivity contribution in [3.8, 4) is 11.5 Å². The van der Waals surface area contributed by atoms with Gasteiger partial charge in [0.15, 0.2) is 0 Å². The number of benzene rings is 4. The van der Waals surface area contributed by atoms with Crippen LogP contribution in [0.3, 0.4) is 0 Å². The molecule has 0 fully saturated rings. The minimum absolute atomic E-state index is 0.0606. The number of fused-ring (bicyclic) bond motifs is 5. The number of aromatic hydroxyl groups is 2. The number of carboxylic acid groups (broad SMARTS) is 2. The van der Waals surface area contributed by atoms with E-state index in [0.29, 0.717) is 21.5 Å². The second-order valence-electron chi connectivity index (χ2n) is 5.96. The summed E-state index contributed by atoms with van der Waals surface area (Å²) >= 11 is 0. The molecule has 4 N–H and O–H groups in total. The zero-order valence-electron chi connectivity index (χ0n) is 13.2. The van der Waals surface area contributed by atoms with E-state index in [0.717, 1.165) is 0 Å². The van der Waals surface area contributed by atoms with Gasteiger partial charge in [0, 0.05) is 26.9 Å². The Balaban J connectivity index is 2.42. The number of hydrogen-bond acceptors (Lipinski definition) is 4. The summed E-state index contributed by atoms with van der Waals surface area (Å²) in [5, 5.41) is 41.7. The van der Waals surface area contributed by atoms with Crippen LogP contribution >= 0.6 is 0 Å². The van der Waals surface area contributed by atoms with E-state index in [-0.39, 0.29) is 33.4 Å². The molecular weight excluding hydrogens is 336 g/mol. The van der Waals surface area contributed by atoms with Crippen LogP contribution in [-0.4, -0.2) is 32.4 Å². The molecule has 0 aliphatic heterocycles. The van der Waals surface area contributed by atoms with Crippen LogP contribution in [-0.2, 0) is 0 Å². The van der Waals surface area contributed by atoms with Crippen molar-refractivity contribution in [1.82, 2.24) is 0 Å². The summed E-state index contributed by atoms with van der Waals surface area (Å²) < 4.78 is 0. The van der Waals surface area contributed by atoms with Crippen LogP contribution in [0.5, 0.6) is 11.5 Å². The van der Waals surface area contributed by atoms with Gasteiger partial charge in [0.1, 0.15) is 11.5 Å². The molecule has 6 nitrogen and oxygen atoms in total. The molecule has 0 heterocycles. The normalized spacial score (nSPS) is 11.2. The van der Waals surface area contributed by atoms with Crippen LogP contribution < -0.4 is 0 Å². The lowest BCUT2D eigenvalue weighted by atomic mass is 9.90. The van der Waals surface area contributed by atoms with Crippen molar-refractivity contribution >= 4 is 44.3 Å². The molecule has 0 bridgehead atoms. The molecule has 4 aromatic rings. The largest absolute Gasteiger partial charge is 0.507 e. The van der Waals surface area contributed by atoms with Crippen molar-refractivity contribution in [2.24, 2.45) is 0 Å². The van der Waals surface area contributed by atoms with Gasteiger partial charge in [-0.3, -0.25) is 0 Å². The third-order valence-corrected chi connectivity index (χ3v) is 4.51. The lowest BCUT2D eigenvalue weighted by Crippen LogP contribution is -2.01. The first-order chi connectivity index (χ1) is 12.4. The zero-order valence-corrected chi connectivity index (χ0v) is 13.2. The highest BCUT2D eigenvalue weighted by atomic mass is 16.4. The van der Waals surface area contributed by atoms with Crippen molar-refractivity contribution in [3.63, 3.8) is 0 Å². The van der Waals surface area contributed by atoms with Gasteiger partial charge in [-0.2, -0.15) is 0 Å². The van der Waals surface area contributed by atoms with Crippen LogP contribution in [0.4, 0.5) is 0 Å². The maximum atomic E-state index is 11.7. The fourth-order valence-electron chi connectivity index (χ4n) is 3.47. The average Bonchev–Trinajstić information content (AvgIpc) is 2.60. The summed E-state index contributed by atoms with van der Waals surface area (Å²) in [5.41, 5.74) is -0.121. The van der Waals surface area contributed by atoms with Crippen LogP contribution in [0.25, 0.3) is 32.3 Å². The molecule has 0 atom stereocenters. The van der Waals surface area contributed by atoms with Crippen molar-refractivity contribution < 1.29 is 30.0 Å². The lowest BCUT2D eigenvalue weighted by Gasteiger charge is -2.14. The van der Waals surface area contributed by atoms with E-state index in [1.54, 1.807) is 12.1 Å². The Morgan fingerprint density at radius 3 is 1.46 bits per heavy atom. The Hall–Kier alpha value is -3.80. The third-order valence-electron chi connectivity index (χ3n) is 4.51. The second-order valence-corrected chi connectivity index (χ2v) is 5.96. The highest BCUT2D eigenvalue weighted by molar-refractivity contribution is 6.29. The predicted octanol–water partition coefficient (Wildman–Crippen LogP) is 3.95. The Bertz CT molecular complexity index is 1160. The maximum Gasteiger partial charge on any atom is 0.336 e. The number of phenols is 2. The minimum atomic E-state index is -1.20. The van der Waals surface area contributed by atoms with E-state index in [1.165, 1.54) is 36.4 Å². The summed E-state index contributed by atoms with van der Waals surface area (Å²) in [7, 11) is 0. The molecule has 0 radical (unpaired) electrons. The van der Waals surface area contributed by atoms with Crippen LogP contribution in [0.1, 0.15) is 20.7 Å². The fraction of sp³-hybridized carbons (Fsp3) is 0. The van der Waals surface area contributed by atoms with E-state index in [9.17, 15) is 30.0 Å². The third kappa shape index (κ3) is 2.05. The van der Waals surface area contributed by atoms with Gasteiger partial charge in [-0.15, -0.1) is 0 Å². The maximum absolute atomic E-state index is 11.7. The highest BCUT2D eigenvalue weighted by Gasteiger charge is 2.20. The van der Waals surface area contributed by atoms with Gasteiger partial charge in [-0.1, -0.05) is 24.3 Å². The minimum Gasteiger partial charge on any atom is -0.507 e. The van der Waals surface area contributed by atoms with Gasteiger partial charge in [-0.05, 0) is 29.7 Å². The second kappa shape index (κ2) is 5.35. The number of carbonyl (C=O) groups is 2. The lowest BCUT2D eigenvalue weighted by molar-refractivity contribution is 0.0689. The van der Waals surface area contributed by atoms with Gasteiger partial charge in [0.2, 0.25) is 0 Å². The molecule has 0 amide bonds. The Morgan fingerprint density at radius 1 is 0.654 bits per heavy atom. The van der Waals surface area contributed by atoms with Gasteiger partial charge >= 0.3 is 11.9 Å². The van der Waals surface area contributed by atoms with Crippen molar-refractivity contribution in [2.45, 2.75) is 0 Å². The number of rotatable bonds is 2. The standard InChI is InChI=1S/C20H12O6/c21-14-5-1-3-10-12(19(23)24)7-9-8-13(20(25)26)11-4-2-6-15(22)18(11)16(9)17(10)14/h1-8,21-22H,(H,23,24)(H,25,26). The Kier molecular flexibility index (Phi) is 3.23. The Morgan fingerprint density at radius 2 is 1.08 bits per heavy atom. The molecule has 0 unspecified atom stereocenters. The predicted molar refractivity (Wildman–Crippen MR) is 96.2 cm³/mol. The molecule has 26 heavy (non-hydrogen) atoms. The average molecular weight is 348 g/mol. The van der Waals surface area contributed by atoms with E-state index in [1.807, 2.05) is 0 Å². The first-order valence-corrected chi connectivity index (χ1v) is 7.70. The van der Waals surface area contributed by atoms with E-state index in [2.05, 4.69) is 0 Å². The number of phenolic OH excluding ortho intramolecular Hbond substituents is 2. The summed E-state index contributed by atoms with van der Waals surface area (Å²) in [5.74, 6) is -2.69. The van der Waals surface area contributed by atoms with Gasteiger partial charge < -0.3 is 20.4 Å². The topological polar surface area (TPSA) is 115 Å². The molecular formula is C20H12O6. The molecule has 128 valence electrons. The molecule has 4 rings (SSSR count). The molecule has 4 aromatic carbocycles. The van der Waals surface area contributed by atoms with Crippen LogP contribution in [0, 0.1) is 0 Å². The van der Waals surface area contributed by atoms with Crippen LogP contribution in [0.15, 0.2) is 48.5 Å². The van der Waals surface area contributed by atoms with E-state index >= 15 is 0 Å². The fourth-order valence-corrected chi connectivity index (χ4v) is 3.47. The highest BCUT2D eigenvalue weighted by Crippen LogP contribution is 2.42. The van der Waals surface area contributed by atoms with Crippen LogP contribution in [0.2, 0.25) is 0 Å². The summed E-state index contributed by atoms with van der Waals surface area (Å²) in [6, 6.07) is 11.8. The van der Waals surface area contributed by atoms with Crippen molar-refractivity contribution in [1.29, 1.82) is 0 Å². The van der Waals surface area contributed by atoms with Gasteiger partial charge in [0.25, 0.3) is 0 Å². The quantitative estimate of drug-likeness (QED) is 0.408. The molecule has 0 aliphatic carbocycles. The monoisotopic (exact) mass is 348 g/mol. The molecule has 0 saturated heterocycles.